The Hall–Kier alpha value is -0.990. The molecule has 1 aromatic rings. The van der Waals surface area contributed by atoms with Gasteiger partial charge in [0.2, 0.25) is 15.9 Å². The van der Waals surface area contributed by atoms with E-state index in [0.717, 1.165) is 5.56 Å². The molecule has 1 fully saturated rings. The lowest BCUT2D eigenvalue weighted by Gasteiger charge is -2.35. The van der Waals surface area contributed by atoms with E-state index in [1.807, 2.05) is 0 Å². The summed E-state index contributed by atoms with van der Waals surface area (Å²) in [4.78, 5) is 14.1. The van der Waals surface area contributed by atoms with Crippen LogP contribution in [0.5, 0.6) is 0 Å². The molecule has 0 N–H and O–H groups in total. The second kappa shape index (κ2) is 7.27. The number of hydrogen-bond acceptors (Lipinski definition) is 3. The second-order valence-electron chi connectivity index (χ2n) is 5.82. The van der Waals surface area contributed by atoms with E-state index in [1.54, 1.807) is 24.1 Å². The van der Waals surface area contributed by atoms with Gasteiger partial charge in [-0.25, -0.2) is 17.1 Å². The fourth-order valence-corrected chi connectivity index (χ4v) is 3.86. The summed E-state index contributed by atoms with van der Waals surface area (Å²) in [5.74, 6) is -0.380. The van der Waals surface area contributed by atoms with Gasteiger partial charge in [0.15, 0.2) is 0 Å². The Kier molecular flexibility index (Phi) is 5.80. The number of piperidine rings is 1. The van der Waals surface area contributed by atoms with Crippen LogP contribution in [0.3, 0.4) is 0 Å². The molecule has 0 atom stereocenters. The summed E-state index contributed by atoms with van der Waals surface area (Å²) in [6, 6.07) is 4.48. The zero-order valence-corrected chi connectivity index (χ0v) is 15.5. The molecule has 1 aromatic carbocycles. The number of hydrogen-bond donors (Lipinski definition) is 0. The third-order valence-corrected chi connectivity index (χ3v) is 6.15. The van der Waals surface area contributed by atoms with Gasteiger partial charge in [0.1, 0.15) is 5.82 Å². The molecular weight excluding hydrogens is 387 g/mol. The van der Waals surface area contributed by atoms with Gasteiger partial charge in [-0.3, -0.25) is 4.79 Å². The van der Waals surface area contributed by atoms with Gasteiger partial charge in [-0.1, -0.05) is 6.07 Å². The van der Waals surface area contributed by atoms with E-state index in [4.69, 9.17) is 0 Å². The lowest BCUT2D eigenvalue weighted by atomic mass is 10.0. The number of carbonyl (C=O) groups excluding carboxylic acids is 1. The molecule has 0 spiro atoms. The molecule has 1 heterocycles. The number of rotatable bonds is 4. The molecule has 1 aliphatic rings. The number of amides is 1. The first-order valence-corrected chi connectivity index (χ1v) is 9.97. The molecule has 5 nitrogen and oxygen atoms in total. The predicted octanol–water partition coefficient (Wildman–Crippen LogP) is 2.01. The van der Waals surface area contributed by atoms with Crippen molar-refractivity contribution in [3.63, 3.8) is 0 Å². The highest BCUT2D eigenvalue weighted by Gasteiger charge is 2.28. The van der Waals surface area contributed by atoms with Crippen LogP contribution in [0, 0.1) is 5.82 Å². The molecule has 0 bridgehead atoms. The summed E-state index contributed by atoms with van der Waals surface area (Å²) < 4.78 is 38.0. The van der Waals surface area contributed by atoms with Crippen molar-refractivity contribution in [2.45, 2.75) is 25.3 Å². The summed E-state index contributed by atoms with van der Waals surface area (Å²) >= 11 is 3.11. The van der Waals surface area contributed by atoms with Crippen molar-refractivity contribution in [2.75, 3.05) is 26.4 Å². The molecular formula is C15H20BrFN2O3S. The molecule has 1 amide bonds. The summed E-state index contributed by atoms with van der Waals surface area (Å²) in [6.45, 7) is 1.07. The number of sulfonamides is 1. The monoisotopic (exact) mass is 406 g/mol. The highest BCUT2D eigenvalue weighted by atomic mass is 79.9. The van der Waals surface area contributed by atoms with Crippen LogP contribution < -0.4 is 0 Å². The van der Waals surface area contributed by atoms with Gasteiger partial charge in [-0.2, -0.15) is 0 Å². The van der Waals surface area contributed by atoms with Crippen molar-refractivity contribution in [3.05, 3.63) is 34.1 Å². The number of nitrogens with zero attached hydrogens (tertiary/aromatic N) is 2. The molecule has 1 saturated heterocycles. The van der Waals surface area contributed by atoms with Gasteiger partial charge in [0.05, 0.1) is 17.1 Å². The van der Waals surface area contributed by atoms with E-state index in [0.29, 0.717) is 30.4 Å². The van der Waals surface area contributed by atoms with E-state index in [1.165, 1.54) is 16.6 Å². The summed E-state index contributed by atoms with van der Waals surface area (Å²) in [6.07, 6.45) is 2.66. The largest absolute Gasteiger partial charge is 0.342 e. The maximum absolute atomic E-state index is 13.2. The SMILES string of the molecule is CN(C1CCN(C(=O)Cc2ccc(F)c(Br)c2)CC1)S(C)(=O)=O. The molecule has 0 aromatic heterocycles. The van der Waals surface area contributed by atoms with Crippen LogP contribution in [-0.2, 0) is 21.2 Å². The van der Waals surface area contributed by atoms with E-state index >= 15 is 0 Å². The fraction of sp³-hybridized carbons (Fsp3) is 0.533. The van der Waals surface area contributed by atoms with E-state index in [9.17, 15) is 17.6 Å². The first-order chi connectivity index (χ1) is 10.7. The van der Waals surface area contributed by atoms with Gasteiger partial charge in [-0.15, -0.1) is 0 Å². The van der Waals surface area contributed by atoms with Crippen LogP contribution in [0.2, 0.25) is 0 Å². The van der Waals surface area contributed by atoms with Crippen LogP contribution in [-0.4, -0.2) is 56.0 Å². The highest BCUT2D eigenvalue weighted by molar-refractivity contribution is 9.10. The number of benzene rings is 1. The Bertz CT molecular complexity index is 688. The molecule has 8 heteroatoms. The van der Waals surface area contributed by atoms with Gasteiger partial charge in [-0.05, 0) is 46.5 Å². The molecule has 128 valence electrons. The first-order valence-electron chi connectivity index (χ1n) is 7.33. The standard InChI is InChI=1S/C15H20BrFN2O3S/c1-18(23(2,21)22)12-5-7-19(8-6-12)15(20)10-11-3-4-14(17)13(16)9-11/h3-4,9,12H,5-8,10H2,1-2H3. The molecule has 0 radical (unpaired) electrons. The molecule has 0 aliphatic carbocycles. The lowest BCUT2D eigenvalue weighted by Crippen LogP contribution is -2.47. The zero-order valence-electron chi connectivity index (χ0n) is 13.1. The Balaban J connectivity index is 1.92. The Labute approximate surface area is 144 Å². The maximum atomic E-state index is 13.2. The summed E-state index contributed by atoms with van der Waals surface area (Å²) in [5, 5.41) is 0. The number of halogens is 2. The minimum absolute atomic E-state index is 0.0241. The predicted molar refractivity (Wildman–Crippen MR) is 90.0 cm³/mol. The first kappa shape index (κ1) is 18.4. The van der Waals surface area contributed by atoms with Gasteiger partial charge < -0.3 is 4.90 Å². The number of likely N-dealkylation sites (tertiary alicyclic amines) is 1. The van der Waals surface area contributed by atoms with Crippen molar-refractivity contribution in [1.82, 2.24) is 9.21 Å². The zero-order chi connectivity index (χ0) is 17.2. The van der Waals surface area contributed by atoms with Crippen LogP contribution in [0.1, 0.15) is 18.4 Å². The maximum Gasteiger partial charge on any atom is 0.226 e. The molecule has 2 rings (SSSR count). The van der Waals surface area contributed by atoms with Crippen molar-refractivity contribution >= 4 is 31.9 Å². The Morgan fingerprint density at radius 3 is 2.52 bits per heavy atom. The smallest absolute Gasteiger partial charge is 0.226 e. The summed E-state index contributed by atoms with van der Waals surface area (Å²) in [5.41, 5.74) is 0.749. The van der Waals surface area contributed by atoms with Gasteiger partial charge in [0.25, 0.3) is 0 Å². The van der Waals surface area contributed by atoms with Gasteiger partial charge in [0, 0.05) is 26.2 Å². The van der Waals surface area contributed by atoms with Crippen LogP contribution in [0.15, 0.2) is 22.7 Å². The molecule has 1 aliphatic heterocycles. The second-order valence-corrected chi connectivity index (χ2v) is 8.71. The molecule has 23 heavy (non-hydrogen) atoms. The lowest BCUT2D eigenvalue weighted by molar-refractivity contribution is -0.131. The van der Waals surface area contributed by atoms with Crippen molar-refractivity contribution in [2.24, 2.45) is 0 Å². The van der Waals surface area contributed by atoms with Crippen LogP contribution >= 0.6 is 15.9 Å². The number of carbonyl (C=O) groups is 1. The van der Waals surface area contributed by atoms with E-state index in [-0.39, 0.29) is 24.2 Å². The normalized spacial score (nSPS) is 16.8. The quantitative estimate of drug-likeness (QED) is 0.768. The van der Waals surface area contributed by atoms with Crippen molar-refractivity contribution < 1.29 is 17.6 Å². The minimum Gasteiger partial charge on any atom is -0.342 e. The van der Waals surface area contributed by atoms with Crippen molar-refractivity contribution in [1.29, 1.82) is 0 Å². The van der Waals surface area contributed by atoms with Crippen LogP contribution in [0.25, 0.3) is 0 Å². The third kappa shape index (κ3) is 4.74. The summed E-state index contributed by atoms with van der Waals surface area (Å²) in [7, 11) is -1.63. The van der Waals surface area contributed by atoms with E-state index < -0.39 is 10.0 Å². The third-order valence-electron chi connectivity index (χ3n) is 4.19. The fourth-order valence-electron chi connectivity index (χ4n) is 2.69. The Morgan fingerprint density at radius 1 is 1.39 bits per heavy atom. The van der Waals surface area contributed by atoms with E-state index in [2.05, 4.69) is 15.9 Å². The minimum atomic E-state index is -3.21. The Morgan fingerprint density at radius 2 is 2.00 bits per heavy atom. The highest BCUT2D eigenvalue weighted by Crippen LogP contribution is 2.20. The molecule has 0 unspecified atom stereocenters. The molecule has 0 saturated carbocycles. The van der Waals surface area contributed by atoms with Crippen molar-refractivity contribution in [3.8, 4) is 0 Å². The average molecular weight is 407 g/mol. The van der Waals surface area contributed by atoms with Gasteiger partial charge >= 0.3 is 0 Å². The average Bonchev–Trinajstić information content (AvgIpc) is 2.49. The topological polar surface area (TPSA) is 57.7 Å². The van der Waals surface area contributed by atoms with Crippen LogP contribution in [0.4, 0.5) is 4.39 Å².